The summed E-state index contributed by atoms with van der Waals surface area (Å²) in [7, 11) is 0. The molecule has 1 heterocycles. The van der Waals surface area contributed by atoms with Crippen LogP contribution in [0.3, 0.4) is 0 Å². The van der Waals surface area contributed by atoms with Crippen molar-refractivity contribution in [1.82, 2.24) is 20.1 Å². The van der Waals surface area contributed by atoms with Gasteiger partial charge in [-0.1, -0.05) is 25.0 Å². The SMILES string of the molecule is Cc1cc(CNCCCC2CCCCC2O)ccc1-n1cncn1. The van der Waals surface area contributed by atoms with Crippen LogP contribution in [0.5, 0.6) is 0 Å². The van der Waals surface area contributed by atoms with Crippen molar-refractivity contribution in [2.75, 3.05) is 6.54 Å². The Labute approximate surface area is 144 Å². The van der Waals surface area contributed by atoms with E-state index in [2.05, 4.69) is 40.5 Å². The molecular weight excluding hydrogens is 300 g/mol. The molecule has 0 radical (unpaired) electrons. The van der Waals surface area contributed by atoms with Gasteiger partial charge in [-0.2, -0.15) is 5.10 Å². The number of hydrogen-bond donors (Lipinski definition) is 2. The molecule has 130 valence electrons. The van der Waals surface area contributed by atoms with E-state index in [0.29, 0.717) is 5.92 Å². The van der Waals surface area contributed by atoms with Crippen molar-refractivity contribution in [1.29, 1.82) is 0 Å². The fraction of sp³-hybridized carbons (Fsp3) is 0.579. The molecule has 2 aromatic rings. The van der Waals surface area contributed by atoms with Crippen molar-refractivity contribution < 1.29 is 5.11 Å². The van der Waals surface area contributed by atoms with Gasteiger partial charge in [-0.15, -0.1) is 0 Å². The van der Waals surface area contributed by atoms with E-state index in [4.69, 9.17) is 0 Å². The number of benzene rings is 1. The lowest BCUT2D eigenvalue weighted by Gasteiger charge is -2.27. The average molecular weight is 328 g/mol. The molecule has 1 aromatic heterocycles. The zero-order valence-corrected chi connectivity index (χ0v) is 14.5. The zero-order valence-electron chi connectivity index (χ0n) is 14.5. The first-order valence-electron chi connectivity index (χ1n) is 9.07. The summed E-state index contributed by atoms with van der Waals surface area (Å²) in [6.07, 6.45) is 10.2. The molecule has 0 spiro atoms. The van der Waals surface area contributed by atoms with Gasteiger partial charge in [-0.3, -0.25) is 0 Å². The Kier molecular flexibility index (Phi) is 5.99. The second-order valence-electron chi connectivity index (χ2n) is 6.89. The number of nitrogens with zero attached hydrogens (tertiary/aromatic N) is 3. The number of aliphatic hydroxyl groups is 1. The summed E-state index contributed by atoms with van der Waals surface area (Å²) in [5.74, 6) is 0.518. The van der Waals surface area contributed by atoms with Crippen LogP contribution in [-0.4, -0.2) is 32.5 Å². The molecule has 2 atom stereocenters. The number of rotatable bonds is 7. The Bertz CT molecular complexity index is 626. The number of aryl methyl sites for hydroxylation is 1. The Hall–Kier alpha value is -1.72. The minimum absolute atomic E-state index is 0.0641. The largest absolute Gasteiger partial charge is 0.393 e. The third-order valence-electron chi connectivity index (χ3n) is 5.05. The molecule has 24 heavy (non-hydrogen) atoms. The molecule has 1 aliphatic carbocycles. The van der Waals surface area contributed by atoms with E-state index in [-0.39, 0.29) is 6.10 Å². The van der Waals surface area contributed by atoms with E-state index in [0.717, 1.165) is 38.0 Å². The molecule has 0 bridgehead atoms. The number of nitrogens with one attached hydrogen (secondary N) is 1. The van der Waals surface area contributed by atoms with Gasteiger partial charge in [-0.05, 0) is 62.3 Å². The van der Waals surface area contributed by atoms with Gasteiger partial charge in [0, 0.05) is 6.54 Å². The second kappa shape index (κ2) is 8.40. The Morgan fingerprint density at radius 2 is 2.17 bits per heavy atom. The summed E-state index contributed by atoms with van der Waals surface area (Å²) in [6.45, 7) is 3.99. The molecule has 0 aliphatic heterocycles. The molecule has 3 rings (SSSR count). The monoisotopic (exact) mass is 328 g/mol. The van der Waals surface area contributed by atoms with Crippen LogP contribution in [0.25, 0.3) is 5.69 Å². The molecule has 1 aromatic carbocycles. The number of hydrogen-bond acceptors (Lipinski definition) is 4. The minimum Gasteiger partial charge on any atom is -0.393 e. The van der Waals surface area contributed by atoms with E-state index < -0.39 is 0 Å². The highest BCUT2D eigenvalue weighted by Gasteiger charge is 2.21. The normalized spacial score (nSPS) is 21.1. The first-order chi connectivity index (χ1) is 11.7. The summed E-state index contributed by atoms with van der Waals surface area (Å²) >= 11 is 0. The highest BCUT2D eigenvalue weighted by atomic mass is 16.3. The summed E-state index contributed by atoms with van der Waals surface area (Å²) in [5.41, 5.74) is 3.56. The summed E-state index contributed by atoms with van der Waals surface area (Å²) < 4.78 is 1.79. The van der Waals surface area contributed by atoms with E-state index in [1.165, 1.54) is 30.4 Å². The molecule has 5 nitrogen and oxygen atoms in total. The standard InChI is InChI=1S/C19H28N4O/c1-15-11-16(8-9-18(15)23-14-21-13-22-23)12-20-10-4-6-17-5-2-3-7-19(17)24/h8-9,11,13-14,17,19-20,24H,2-7,10,12H2,1H3. The Morgan fingerprint density at radius 1 is 1.29 bits per heavy atom. The Morgan fingerprint density at radius 3 is 2.92 bits per heavy atom. The van der Waals surface area contributed by atoms with Crippen LogP contribution >= 0.6 is 0 Å². The molecule has 0 amide bonds. The predicted molar refractivity (Wildman–Crippen MR) is 95.0 cm³/mol. The average Bonchev–Trinajstić information content (AvgIpc) is 3.10. The second-order valence-corrected chi connectivity index (χ2v) is 6.89. The van der Waals surface area contributed by atoms with E-state index in [9.17, 15) is 5.11 Å². The van der Waals surface area contributed by atoms with Crippen LogP contribution in [0.4, 0.5) is 0 Å². The summed E-state index contributed by atoms with van der Waals surface area (Å²) in [4.78, 5) is 4.00. The van der Waals surface area contributed by atoms with Crippen molar-refractivity contribution in [2.24, 2.45) is 5.92 Å². The van der Waals surface area contributed by atoms with Crippen molar-refractivity contribution in [3.8, 4) is 5.69 Å². The van der Waals surface area contributed by atoms with Crippen LogP contribution in [0.15, 0.2) is 30.9 Å². The van der Waals surface area contributed by atoms with Crippen LogP contribution < -0.4 is 5.32 Å². The quantitative estimate of drug-likeness (QED) is 0.767. The third-order valence-corrected chi connectivity index (χ3v) is 5.05. The van der Waals surface area contributed by atoms with Gasteiger partial charge < -0.3 is 10.4 Å². The van der Waals surface area contributed by atoms with Crippen LogP contribution in [0.2, 0.25) is 0 Å². The molecule has 2 unspecified atom stereocenters. The van der Waals surface area contributed by atoms with Gasteiger partial charge in [0.05, 0.1) is 11.8 Å². The highest BCUT2D eigenvalue weighted by Crippen LogP contribution is 2.27. The molecule has 1 fully saturated rings. The maximum Gasteiger partial charge on any atom is 0.138 e. The lowest BCUT2D eigenvalue weighted by Crippen LogP contribution is -2.25. The van der Waals surface area contributed by atoms with E-state index >= 15 is 0 Å². The van der Waals surface area contributed by atoms with Crippen molar-refractivity contribution in [3.05, 3.63) is 42.0 Å². The molecule has 2 N–H and O–H groups in total. The van der Waals surface area contributed by atoms with Crippen LogP contribution in [0.1, 0.15) is 49.7 Å². The van der Waals surface area contributed by atoms with Gasteiger partial charge >= 0.3 is 0 Å². The smallest absolute Gasteiger partial charge is 0.138 e. The van der Waals surface area contributed by atoms with E-state index in [1.807, 2.05) is 0 Å². The molecular formula is C19H28N4O. The number of aliphatic hydroxyl groups excluding tert-OH is 1. The maximum absolute atomic E-state index is 10.0. The van der Waals surface area contributed by atoms with Gasteiger partial charge in [-0.25, -0.2) is 9.67 Å². The van der Waals surface area contributed by atoms with Gasteiger partial charge in [0.15, 0.2) is 0 Å². The van der Waals surface area contributed by atoms with Gasteiger partial charge in [0.25, 0.3) is 0 Å². The molecule has 1 aliphatic rings. The molecule has 0 saturated heterocycles. The molecule has 5 heteroatoms. The summed E-state index contributed by atoms with van der Waals surface area (Å²) in [6, 6.07) is 6.44. The Balaban J connectivity index is 1.41. The van der Waals surface area contributed by atoms with Crippen LogP contribution in [-0.2, 0) is 6.54 Å². The first kappa shape index (κ1) is 17.1. The minimum atomic E-state index is -0.0641. The number of aromatic nitrogens is 3. The van der Waals surface area contributed by atoms with Crippen molar-refractivity contribution in [3.63, 3.8) is 0 Å². The lowest BCUT2D eigenvalue weighted by atomic mass is 9.83. The summed E-state index contributed by atoms with van der Waals surface area (Å²) in [5, 5.41) is 17.7. The fourth-order valence-electron chi connectivity index (χ4n) is 3.66. The fourth-order valence-corrected chi connectivity index (χ4v) is 3.66. The first-order valence-corrected chi connectivity index (χ1v) is 9.07. The van der Waals surface area contributed by atoms with Crippen molar-refractivity contribution >= 4 is 0 Å². The predicted octanol–water partition coefficient (Wildman–Crippen LogP) is 3.00. The van der Waals surface area contributed by atoms with Crippen molar-refractivity contribution in [2.45, 2.75) is 58.1 Å². The third kappa shape index (κ3) is 4.42. The van der Waals surface area contributed by atoms with Gasteiger partial charge in [0.1, 0.15) is 12.7 Å². The van der Waals surface area contributed by atoms with E-state index in [1.54, 1.807) is 17.3 Å². The maximum atomic E-state index is 10.0. The lowest BCUT2D eigenvalue weighted by molar-refractivity contribution is 0.0643. The highest BCUT2D eigenvalue weighted by molar-refractivity contribution is 5.41. The van der Waals surface area contributed by atoms with Gasteiger partial charge in [0.2, 0.25) is 0 Å². The zero-order chi connectivity index (χ0) is 16.8. The topological polar surface area (TPSA) is 63.0 Å². The van der Waals surface area contributed by atoms with Crippen LogP contribution in [0, 0.1) is 12.8 Å². The molecule has 1 saturated carbocycles.